The SMILES string of the molecule is CN(Cc1ccc(F)cc1)S(=O)(=O)Nc1ccc(OC2CCN(S(C)(=O)=O)CC2)cc1. The summed E-state index contributed by atoms with van der Waals surface area (Å²) >= 11 is 0. The highest BCUT2D eigenvalue weighted by atomic mass is 32.2. The van der Waals surface area contributed by atoms with Crippen molar-refractivity contribution in [1.82, 2.24) is 8.61 Å². The molecule has 31 heavy (non-hydrogen) atoms. The molecule has 8 nitrogen and oxygen atoms in total. The van der Waals surface area contributed by atoms with Crippen LogP contribution in [0.2, 0.25) is 0 Å². The number of nitrogens with zero attached hydrogens (tertiary/aromatic N) is 2. The highest BCUT2D eigenvalue weighted by molar-refractivity contribution is 7.90. The molecule has 170 valence electrons. The second-order valence-electron chi connectivity index (χ2n) is 7.49. The van der Waals surface area contributed by atoms with Gasteiger partial charge in [-0.25, -0.2) is 17.1 Å². The summed E-state index contributed by atoms with van der Waals surface area (Å²) in [6.45, 7) is 0.937. The summed E-state index contributed by atoms with van der Waals surface area (Å²) in [7, 11) is -5.54. The fourth-order valence-electron chi connectivity index (χ4n) is 3.23. The smallest absolute Gasteiger partial charge is 0.301 e. The summed E-state index contributed by atoms with van der Waals surface area (Å²) in [5.74, 6) is 0.205. The molecule has 11 heteroatoms. The van der Waals surface area contributed by atoms with Crippen LogP contribution < -0.4 is 9.46 Å². The van der Waals surface area contributed by atoms with Crippen LogP contribution >= 0.6 is 0 Å². The van der Waals surface area contributed by atoms with Crippen LogP contribution in [0.5, 0.6) is 5.75 Å². The number of ether oxygens (including phenoxy) is 1. The number of halogens is 1. The Morgan fingerprint density at radius 3 is 2.16 bits per heavy atom. The quantitative estimate of drug-likeness (QED) is 0.638. The molecule has 3 rings (SSSR count). The van der Waals surface area contributed by atoms with Crippen LogP contribution in [0.25, 0.3) is 0 Å². The Hall–Kier alpha value is -2.21. The molecule has 0 radical (unpaired) electrons. The molecule has 1 aliphatic heterocycles. The van der Waals surface area contributed by atoms with Crippen molar-refractivity contribution in [3.8, 4) is 5.75 Å². The minimum absolute atomic E-state index is 0.0950. The Balaban J connectivity index is 1.54. The number of rotatable bonds is 8. The van der Waals surface area contributed by atoms with E-state index in [-0.39, 0.29) is 18.5 Å². The van der Waals surface area contributed by atoms with Crippen LogP contribution in [0.4, 0.5) is 10.1 Å². The van der Waals surface area contributed by atoms with Gasteiger partial charge in [0, 0.05) is 26.7 Å². The first-order chi connectivity index (χ1) is 14.5. The fraction of sp³-hybridized carbons (Fsp3) is 0.400. The molecule has 0 saturated carbocycles. The Morgan fingerprint density at radius 1 is 1.03 bits per heavy atom. The third kappa shape index (κ3) is 6.63. The predicted octanol–water partition coefficient (Wildman–Crippen LogP) is 2.42. The Morgan fingerprint density at radius 2 is 1.61 bits per heavy atom. The van der Waals surface area contributed by atoms with Crippen molar-refractivity contribution < 1.29 is 26.0 Å². The molecule has 0 amide bonds. The lowest BCUT2D eigenvalue weighted by atomic mass is 10.1. The van der Waals surface area contributed by atoms with E-state index in [0.717, 1.165) is 4.31 Å². The van der Waals surface area contributed by atoms with Gasteiger partial charge < -0.3 is 4.74 Å². The van der Waals surface area contributed by atoms with E-state index in [1.165, 1.54) is 41.9 Å². The summed E-state index contributed by atoms with van der Waals surface area (Å²) in [5.41, 5.74) is 1.05. The average molecular weight is 472 g/mol. The van der Waals surface area contributed by atoms with Crippen LogP contribution in [0.1, 0.15) is 18.4 Å². The maximum absolute atomic E-state index is 13.0. The molecule has 1 N–H and O–H groups in total. The van der Waals surface area contributed by atoms with Crippen LogP contribution in [-0.2, 0) is 26.8 Å². The lowest BCUT2D eigenvalue weighted by molar-refractivity contribution is 0.135. The van der Waals surface area contributed by atoms with E-state index in [9.17, 15) is 21.2 Å². The summed E-state index contributed by atoms with van der Waals surface area (Å²) in [6, 6.07) is 12.2. The van der Waals surface area contributed by atoms with Crippen LogP contribution in [-0.4, -0.2) is 57.9 Å². The number of nitrogens with one attached hydrogen (secondary N) is 1. The van der Waals surface area contributed by atoms with Gasteiger partial charge >= 0.3 is 10.2 Å². The predicted molar refractivity (Wildman–Crippen MR) is 117 cm³/mol. The first kappa shape index (κ1) is 23.5. The number of hydrogen-bond donors (Lipinski definition) is 1. The fourth-order valence-corrected chi connectivity index (χ4v) is 5.02. The van der Waals surface area contributed by atoms with Crippen molar-refractivity contribution in [1.29, 1.82) is 0 Å². The van der Waals surface area contributed by atoms with Crippen molar-refractivity contribution in [3.63, 3.8) is 0 Å². The van der Waals surface area contributed by atoms with Crippen molar-refractivity contribution >= 4 is 25.9 Å². The molecule has 1 fully saturated rings. The van der Waals surface area contributed by atoms with Gasteiger partial charge in [0.25, 0.3) is 0 Å². The Kier molecular flexibility index (Phi) is 7.20. The molecule has 2 aromatic carbocycles. The van der Waals surface area contributed by atoms with Gasteiger partial charge in [-0.3, -0.25) is 4.72 Å². The molecule has 0 aromatic heterocycles. The standard InChI is InChI=1S/C20H26FN3O5S2/c1-23(15-16-3-5-17(21)6-4-16)31(27,28)22-18-7-9-19(10-8-18)29-20-11-13-24(14-12-20)30(2,25)26/h3-10,20,22H,11-15H2,1-2H3. The van der Waals surface area contributed by atoms with Gasteiger partial charge in [-0.1, -0.05) is 12.1 Å². The number of hydrogen-bond acceptors (Lipinski definition) is 5. The monoisotopic (exact) mass is 471 g/mol. The van der Waals surface area contributed by atoms with Gasteiger partial charge in [0.1, 0.15) is 17.7 Å². The summed E-state index contributed by atoms with van der Waals surface area (Å²) < 4.78 is 72.2. The highest BCUT2D eigenvalue weighted by Crippen LogP contribution is 2.23. The zero-order valence-corrected chi connectivity index (χ0v) is 19.0. The van der Waals surface area contributed by atoms with Gasteiger partial charge in [-0.15, -0.1) is 0 Å². The third-order valence-corrected chi connectivity index (χ3v) is 7.75. The van der Waals surface area contributed by atoms with E-state index >= 15 is 0 Å². The van der Waals surface area contributed by atoms with Gasteiger partial charge in [0.15, 0.2) is 0 Å². The first-order valence-electron chi connectivity index (χ1n) is 9.73. The largest absolute Gasteiger partial charge is 0.490 e. The Bertz CT molecular complexity index is 1080. The molecule has 0 spiro atoms. The normalized spacial score (nSPS) is 16.4. The molecule has 1 heterocycles. The molecular formula is C20H26FN3O5S2. The lowest BCUT2D eigenvalue weighted by Crippen LogP contribution is -2.41. The zero-order valence-electron chi connectivity index (χ0n) is 17.4. The van der Waals surface area contributed by atoms with Crippen molar-refractivity contribution in [3.05, 3.63) is 59.9 Å². The molecule has 2 aromatic rings. The van der Waals surface area contributed by atoms with Crippen LogP contribution in [0.3, 0.4) is 0 Å². The average Bonchev–Trinajstić information content (AvgIpc) is 2.71. The van der Waals surface area contributed by atoms with Crippen molar-refractivity contribution in [2.45, 2.75) is 25.5 Å². The van der Waals surface area contributed by atoms with Gasteiger partial charge in [0.05, 0.1) is 11.9 Å². The topological polar surface area (TPSA) is 96.0 Å². The van der Waals surface area contributed by atoms with Crippen molar-refractivity contribution in [2.75, 3.05) is 31.1 Å². The third-order valence-electron chi connectivity index (χ3n) is 5.00. The molecule has 1 saturated heterocycles. The van der Waals surface area contributed by atoms with E-state index in [0.29, 0.717) is 42.9 Å². The van der Waals surface area contributed by atoms with Gasteiger partial charge in [-0.05, 0) is 54.8 Å². The van der Waals surface area contributed by atoms with E-state index in [2.05, 4.69) is 4.72 Å². The maximum atomic E-state index is 13.0. The minimum atomic E-state index is -3.80. The van der Waals surface area contributed by atoms with E-state index < -0.39 is 20.2 Å². The van der Waals surface area contributed by atoms with E-state index in [4.69, 9.17) is 4.74 Å². The molecule has 0 aliphatic carbocycles. The molecule has 0 atom stereocenters. The van der Waals surface area contributed by atoms with Crippen LogP contribution in [0.15, 0.2) is 48.5 Å². The second kappa shape index (κ2) is 9.51. The Labute approximate surface area is 182 Å². The minimum Gasteiger partial charge on any atom is -0.490 e. The highest BCUT2D eigenvalue weighted by Gasteiger charge is 2.26. The molecule has 0 bridgehead atoms. The summed E-state index contributed by atoms with van der Waals surface area (Å²) in [4.78, 5) is 0. The molecular weight excluding hydrogens is 445 g/mol. The second-order valence-corrected chi connectivity index (χ2v) is 11.3. The first-order valence-corrected chi connectivity index (χ1v) is 13.0. The van der Waals surface area contributed by atoms with Gasteiger partial charge in [0.2, 0.25) is 10.0 Å². The number of piperidine rings is 1. The molecule has 0 unspecified atom stereocenters. The number of anilines is 1. The van der Waals surface area contributed by atoms with E-state index in [1.54, 1.807) is 24.3 Å². The van der Waals surface area contributed by atoms with Crippen LogP contribution in [0, 0.1) is 5.82 Å². The maximum Gasteiger partial charge on any atom is 0.301 e. The number of benzene rings is 2. The van der Waals surface area contributed by atoms with Gasteiger partial charge in [-0.2, -0.15) is 12.7 Å². The lowest BCUT2D eigenvalue weighted by Gasteiger charge is -2.30. The molecule has 1 aliphatic rings. The number of sulfonamides is 1. The summed E-state index contributed by atoms with van der Waals surface area (Å²) in [6.07, 6.45) is 2.29. The zero-order chi connectivity index (χ0) is 22.6. The van der Waals surface area contributed by atoms with Crippen molar-refractivity contribution in [2.24, 2.45) is 0 Å². The van der Waals surface area contributed by atoms with E-state index in [1.807, 2.05) is 0 Å². The summed E-state index contributed by atoms with van der Waals surface area (Å²) in [5, 5.41) is 0.